The van der Waals surface area contributed by atoms with Crippen molar-refractivity contribution in [2.75, 3.05) is 12.4 Å². The van der Waals surface area contributed by atoms with Gasteiger partial charge in [-0.15, -0.1) is 11.8 Å². The van der Waals surface area contributed by atoms with Crippen LogP contribution in [0.4, 0.5) is 0 Å². The van der Waals surface area contributed by atoms with Gasteiger partial charge in [-0.05, 0) is 74.1 Å². The molecule has 0 fully saturated rings. The maximum atomic E-state index is 12.3. The highest BCUT2D eigenvalue weighted by Gasteiger charge is 2.13. The molecule has 1 aliphatic rings. The highest BCUT2D eigenvalue weighted by atomic mass is 32.2. The minimum atomic E-state index is -0.0338. The Hall–Kier alpha value is -1.94. The summed E-state index contributed by atoms with van der Waals surface area (Å²) in [6, 6.07) is 14.5. The molecule has 1 amide bonds. The first-order valence-corrected chi connectivity index (χ1v) is 9.91. The van der Waals surface area contributed by atoms with E-state index in [1.165, 1.54) is 35.3 Å². The third-order valence-electron chi connectivity index (χ3n) is 4.49. The molecule has 2 aromatic carbocycles. The number of fused-ring (bicyclic) bond motifs is 1. The lowest BCUT2D eigenvalue weighted by Gasteiger charge is -2.15. The molecule has 0 saturated carbocycles. The Morgan fingerprint density at radius 2 is 2.04 bits per heavy atom. The number of nitrogens with one attached hydrogen (secondary N) is 1. The van der Waals surface area contributed by atoms with Crippen molar-refractivity contribution in [3.05, 3.63) is 59.2 Å². The van der Waals surface area contributed by atoms with E-state index in [4.69, 9.17) is 4.74 Å². The molecule has 25 heavy (non-hydrogen) atoms. The summed E-state index contributed by atoms with van der Waals surface area (Å²) in [6.45, 7) is 4.61. The standard InChI is InChI=1S/C21H25NO2S/c1-3-24-19-9-5-7-17(12-19)15(2)22-21(23)14-25-20-11-10-16-6-4-8-18(16)13-20/h5,7,9-13,15H,3-4,6,8,14H2,1-2H3,(H,22,23). The summed E-state index contributed by atoms with van der Waals surface area (Å²) in [7, 11) is 0. The molecule has 0 bridgehead atoms. The highest BCUT2D eigenvalue weighted by molar-refractivity contribution is 8.00. The number of carbonyl (C=O) groups is 1. The van der Waals surface area contributed by atoms with Crippen LogP contribution in [0.2, 0.25) is 0 Å². The molecule has 1 N–H and O–H groups in total. The van der Waals surface area contributed by atoms with Crippen LogP contribution in [0.15, 0.2) is 47.4 Å². The molecule has 0 aliphatic heterocycles. The molecule has 4 heteroatoms. The van der Waals surface area contributed by atoms with Crippen LogP contribution in [-0.4, -0.2) is 18.3 Å². The molecule has 132 valence electrons. The second-order valence-electron chi connectivity index (χ2n) is 6.37. The topological polar surface area (TPSA) is 38.3 Å². The molecular weight excluding hydrogens is 330 g/mol. The zero-order chi connectivity index (χ0) is 17.6. The smallest absolute Gasteiger partial charge is 0.230 e. The van der Waals surface area contributed by atoms with Gasteiger partial charge in [-0.25, -0.2) is 0 Å². The molecule has 0 spiro atoms. The van der Waals surface area contributed by atoms with Gasteiger partial charge < -0.3 is 10.1 Å². The lowest BCUT2D eigenvalue weighted by Crippen LogP contribution is -2.28. The van der Waals surface area contributed by atoms with Crippen molar-refractivity contribution in [2.45, 2.75) is 44.0 Å². The molecule has 0 aromatic heterocycles. The van der Waals surface area contributed by atoms with Gasteiger partial charge in [-0.2, -0.15) is 0 Å². The summed E-state index contributed by atoms with van der Waals surface area (Å²) in [4.78, 5) is 13.5. The molecule has 3 rings (SSSR count). The van der Waals surface area contributed by atoms with Crippen LogP contribution in [0.25, 0.3) is 0 Å². The Kier molecular flexibility index (Phi) is 6.03. The van der Waals surface area contributed by atoms with E-state index in [9.17, 15) is 4.79 Å². The summed E-state index contributed by atoms with van der Waals surface area (Å²) >= 11 is 1.61. The lowest BCUT2D eigenvalue weighted by atomic mass is 10.1. The average Bonchev–Trinajstić information content (AvgIpc) is 3.08. The first-order chi connectivity index (χ1) is 12.2. The van der Waals surface area contributed by atoms with Crippen LogP contribution in [0.1, 0.15) is 43.0 Å². The van der Waals surface area contributed by atoms with Crippen LogP contribution in [0.5, 0.6) is 5.75 Å². The minimum Gasteiger partial charge on any atom is -0.494 e. The van der Waals surface area contributed by atoms with Gasteiger partial charge in [0.05, 0.1) is 18.4 Å². The number of hydrogen-bond donors (Lipinski definition) is 1. The van der Waals surface area contributed by atoms with E-state index in [0.717, 1.165) is 11.3 Å². The zero-order valence-corrected chi connectivity index (χ0v) is 15.7. The molecule has 0 radical (unpaired) electrons. The van der Waals surface area contributed by atoms with E-state index in [1.807, 2.05) is 38.1 Å². The summed E-state index contributed by atoms with van der Waals surface area (Å²) in [6.07, 6.45) is 3.62. The van der Waals surface area contributed by atoms with Crippen LogP contribution in [-0.2, 0) is 17.6 Å². The van der Waals surface area contributed by atoms with Gasteiger partial charge in [0.15, 0.2) is 0 Å². The van der Waals surface area contributed by atoms with Gasteiger partial charge in [-0.1, -0.05) is 18.2 Å². The fourth-order valence-corrected chi connectivity index (χ4v) is 3.96. The average molecular weight is 356 g/mol. The highest BCUT2D eigenvalue weighted by Crippen LogP contribution is 2.27. The largest absolute Gasteiger partial charge is 0.494 e. The van der Waals surface area contributed by atoms with Crippen LogP contribution < -0.4 is 10.1 Å². The fourth-order valence-electron chi connectivity index (χ4n) is 3.19. The predicted molar refractivity (Wildman–Crippen MR) is 103 cm³/mol. The summed E-state index contributed by atoms with van der Waals surface area (Å²) in [5.74, 6) is 1.34. The van der Waals surface area contributed by atoms with Crippen molar-refractivity contribution in [3.63, 3.8) is 0 Å². The molecule has 3 nitrogen and oxygen atoms in total. The van der Waals surface area contributed by atoms with E-state index in [2.05, 4.69) is 23.5 Å². The van der Waals surface area contributed by atoms with Gasteiger partial charge in [0.2, 0.25) is 5.91 Å². The van der Waals surface area contributed by atoms with Crippen molar-refractivity contribution >= 4 is 17.7 Å². The lowest BCUT2D eigenvalue weighted by molar-refractivity contribution is -0.119. The maximum absolute atomic E-state index is 12.3. The predicted octanol–water partition coefficient (Wildman–Crippen LogP) is 4.54. The van der Waals surface area contributed by atoms with Crippen molar-refractivity contribution in [1.29, 1.82) is 0 Å². The Morgan fingerprint density at radius 3 is 2.88 bits per heavy atom. The minimum absolute atomic E-state index is 0.0338. The van der Waals surface area contributed by atoms with Gasteiger partial charge in [-0.3, -0.25) is 4.79 Å². The third kappa shape index (κ3) is 4.79. The normalized spacial score (nSPS) is 14.0. The monoisotopic (exact) mass is 355 g/mol. The SMILES string of the molecule is CCOc1cccc(C(C)NC(=O)CSc2ccc3c(c2)CCC3)c1. The van der Waals surface area contributed by atoms with E-state index >= 15 is 0 Å². The number of benzene rings is 2. The summed E-state index contributed by atoms with van der Waals surface area (Å²) < 4.78 is 5.53. The molecule has 0 saturated heterocycles. The van der Waals surface area contributed by atoms with E-state index in [0.29, 0.717) is 12.4 Å². The first kappa shape index (κ1) is 17.9. The number of aryl methyl sites for hydroxylation is 2. The van der Waals surface area contributed by atoms with Crippen molar-refractivity contribution in [2.24, 2.45) is 0 Å². The number of ether oxygens (including phenoxy) is 1. The van der Waals surface area contributed by atoms with Gasteiger partial charge >= 0.3 is 0 Å². The maximum Gasteiger partial charge on any atom is 0.230 e. The number of thioether (sulfide) groups is 1. The van der Waals surface area contributed by atoms with E-state index in [-0.39, 0.29) is 11.9 Å². The molecule has 2 aromatic rings. The Labute approximate surface area is 154 Å². The number of amides is 1. The quantitative estimate of drug-likeness (QED) is 0.741. The van der Waals surface area contributed by atoms with Crippen LogP contribution >= 0.6 is 11.8 Å². The molecular formula is C21H25NO2S. The Bertz CT molecular complexity index is 744. The number of hydrogen-bond acceptors (Lipinski definition) is 3. The van der Waals surface area contributed by atoms with Crippen LogP contribution in [0.3, 0.4) is 0 Å². The molecule has 1 atom stereocenters. The zero-order valence-electron chi connectivity index (χ0n) is 14.9. The summed E-state index contributed by atoms with van der Waals surface area (Å²) in [5.41, 5.74) is 3.98. The second kappa shape index (κ2) is 8.43. The molecule has 1 aliphatic carbocycles. The second-order valence-corrected chi connectivity index (χ2v) is 7.42. The van der Waals surface area contributed by atoms with Crippen molar-refractivity contribution < 1.29 is 9.53 Å². The Balaban J connectivity index is 1.52. The first-order valence-electron chi connectivity index (χ1n) is 8.92. The number of carbonyl (C=O) groups excluding carboxylic acids is 1. The Morgan fingerprint density at radius 1 is 1.20 bits per heavy atom. The van der Waals surface area contributed by atoms with Crippen LogP contribution in [0, 0.1) is 0 Å². The molecule has 1 unspecified atom stereocenters. The van der Waals surface area contributed by atoms with E-state index < -0.39 is 0 Å². The third-order valence-corrected chi connectivity index (χ3v) is 5.48. The fraction of sp³-hybridized carbons (Fsp3) is 0.381. The van der Waals surface area contributed by atoms with E-state index in [1.54, 1.807) is 11.8 Å². The molecule has 0 heterocycles. The van der Waals surface area contributed by atoms with Crippen molar-refractivity contribution in [1.82, 2.24) is 5.32 Å². The number of rotatable bonds is 7. The summed E-state index contributed by atoms with van der Waals surface area (Å²) in [5, 5.41) is 3.07. The van der Waals surface area contributed by atoms with Crippen molar-refractivity contribution in [3.8, 4) is 5.75 Å². The van der Waals surface area contributed by atoms with Gasteiger partial charge in [0.25, 0.3) is 0 Å². The van der Waals surface area contributed by atoms with Gasteiger partial charge in [0, 0.05) is 4.90 Å². The van der Waals surface area contributed by atoms with Gasteiger partial charge in [0.1, 0.15) is 5.75 Å².